The number of piperidine rings is 1. The Kier molecular flexibility index (Phi) is 5.09. The predicted molar refractivity (Wildman–Crippen MR) is 81.8 cm³/mol. The lowest BCUT2D eigenvalue weighted by molar-refractivity contribution is -0.142. The number of aliphatic carboxylic acids is 1. The summed E-state index contributed by atoms with van der Waals surface area (Å²) in [6, 6.07) is 5.10. The van der Waals surface area contributed by atoms with Crippen LogP contribution in [0.15, 0.2) is 34.1 Å². The Bertz CT molecular complexity index is 796. The van der Waals surface area contributed by atoms with Gasteiger partial charge in [0.2, 0.25) is 20.0 Å². The molecule has 1 heterocycles. The van der Waals surface area contributed by atoms with E-state index in [0.29, 0.717) is 0 Å². The maximum Gasteiger partial charge on any atom is 0.306 e. The van der Waals surface area contributed by atoms with Gasteiger partial charge in [0.1, 0.15) is 0 Å². The fourth-order valence-electron chi connectivity index (χ4n) is 2.41. The van der Waals surface area contributed by atoms with Crippen molar-refractivity contribution in [3.63, 3.8) is 0 Å². The number of rotatable bonds is 5. The van der Waals surface area contributed by atoms with Gasteiger partial charge in [0.05, 0.1) is 15.7 Å². The molecule has 1 aliphatic rings. The standard InChI is InChI=1S/C13H18N2O6S2/c1-14-22(18,19)11-3-2-4-12(9-11)23(20,21)15-7-5-10(6-8-15)13(16)17/h2-4,9-10,14H,5-8H2,1H3,(H,16,17). The summed E-state index contributed by atoms with van der Waals surface area (Å²) in [7, 11) is -6.35. The molecule has 1 fully saturated rings. The molecular formula is C13H18N2O6S2. The van der Waals surface area contributed by atoms with Gasteiger partial charge in [-0.25, -0.2) is 21.6 Å². The Morgan fingerprint density at radius 2 is 1.74 bits per heavy atom. The van der Waals surface area contributed by atoms with Gasteiger partial charge in [-0.3, -0.25) is 4.79 Å². The van der Waals surface area contributed by atoms with Crippen molar-refractivity contribution in [2.75, 3.05) is 20.1 Å². The van der Waals surface area contributed by atoms with Gasteiger partial charge in [-0.15, -0.1) is 0 Å². The van der Waals surface area contributed by atoms with E-state index in [1.165, 1.54) is 29.6 Å². The number of nitrogens with zero attached hydrogens (tertiary/aromatic N) is 1. The highest BCUT2D eigenvalue weighted by Gasteiger charge is 2.32. The van der Waals surface area contributed by atoms with Crippen LogP contribution in [-0.2, 0) is 24.8 Å². The largest absolute Gasteiger partial charge is 0.481 e. The van der Waals surface area contributed by atoms with Crippen LogP contribution in [0.5, 0.6) is 0 Å². The van der Waals surface area contributed by atoms with Crippen LogP contribution in [0.3, 0.4) is 0 Å². The summed E-state index contributed by atoms with van der Waals surface area (Å²) in [5.41, 5.74) is 0. The first-order valence-electron chi connectivity index (χ1n) is 6.95. The van der Waals surface area contributed by atoms with Gasteiger partial charge >= 0.3 is 5.97 Å². The predicted octanol–water partition coefficient (Wildman–Crippen LogP) is 0.0800. The first kappa shape index (κ1) is 17.9. The number of hydrogen-bond donors (Lipinski definition) is 2. The second-order valence-electron chi connectivity index (χ2n) is 5.20. The zero-order valence-electron chi connectivity index (χ0n) is 12.5. The highest BCUT2D eigenvalue weighted by atomic mass is 32.2. The van der Waals surface area contributed by atoms with Crippen LogP contribution < -0.4 is 4.72 Å². The number of carboxylic acids is 1. The summed E-state index contributed by atoms with van der Waals surface area (Å²) < 4.78 is 52.1. The minimum absolute atomic E-state index is 0.0995. The van der Waals surface area contributed by atoms with Crippen molar-refractivity contribution in [3.05, 3.63) is 24.3 Å². The maximum atomic E-state index is 12.6. The monoisotopic (exact) mass is 362 g/mol. The molecule has 2 rings (SSSR count). The van der Waals surface area contributed by atoms with E-state index >= 15 is 0 Å². The quantitative estimate of drug-likeness (QED) is 0.765. The molecule has 0 saturated carbocycles. The highest BCUT2D eigenvalue weighted by molar-refractivity contribution is 7.90. The lowest BCUT2D eigenvalue weighted by Gasteiger charge is -2.29. The average Bonchev–Trinajstić information content (AvgIpc) is 2.55. The molecule has 23 heavy (non-hydrogen) atoms. The molecule has 1 aromatic carbocycles. The molecule has 0 aromatic heterocycles. The molecule has 0 radical (unpaired) electrons. The van der Waals surface area contributed by atoms with Crippen LogP contribution in [-0.4, -0.2) is 52.4 Å². The summed E-state index contributed by atoms with van der Waals surface area (Å²) in [6.45, 7) is 0.199. The van der Waals surface area contributed by atoms with Gasteiger partial charge in [-0.05, 0) is 38.1 Å². The van der Waals surface area contributed by atoms with Crippen LogP contribution in [0.4, 0.5) is 0 Å². The smallest absolute Gasteiger partial charge is 0.306 e. The van der Waals surface area contributed by atoms with Crippen molar-refractivity contribution in [3.8, 4) is 0 Å². The molecule has 2 N–H and O–H groups in total. The van der Waals surface area contributed by atoms with E-state index in [9.17, 15) is 21.6 Å². The first-order chi connectivity index (χ1) is 10.7. The number of nitrogens with one attached hydrogen (secondary N) is 1. The van der Waals surface area contributed by atoms with Crippen molar-refractivity contribution in [2.24, 2.45) is 5.92 Å². The Morgan fingerprint density at radius 3 is 2.26 bits per heavy atom. The summed E-state index contributed by atoms with van der Waals surface area (Å²) in [5.74, 6) is -1.47. The highest BCUT2D eigenvalue weighted by Crippen LogP contribution is 2.25. The van der Waals surface area contributed by atoms with Crippen LogP contribution in [0, 0.1) is 5.92 Å². The van der Waals surface area contributed by atoms with Crippen LogP contribution in [0.2, 0.25) is 0 Å². The molecule has 10 heteroatoms. The minimum atomic E-state index is -3.85. The van der Waals surface area contributed by atoms with Gasteiger partial charge in [0.25, 0.3) is 0 Å². The summed E-state index contributed by atoms with van der Waals surface area (Å²) in [5, 5.41) is 8.96. The zero-order valence-corrected chi connectivity index (χ0v) is 14.1. The summed E-state index contributed by atoms with van der Waals surface area (Å²) in [4.78, 5) is 10.7. The second-order valence-corrected chi connectivity index (χ2v) is 9.02. The Morgan fingerprint density at radius 1 is 1.17 bits per heavy atom. The topological polar surface area (TPSA) is 121 Å². The third kappa shape index (κ3) is 3.71. The molecule has 0 aliphatic carbocycles. The third-order valence-corrected chi connectivity index (χ3v) is 7.13. The second kappa shape index (κ2) is 6.56. The average molecular weight is 362 g/mol. The van der Waals surface area contributed by atoms with Crippen molar-refractivity contribution < 1.29 is 26.7 Å². The fourth-order valence-corrected chi connectivity index (χ4v) is 4.78. The van der Waals surface area contributed by atoms with E-state index in [-0.39, 0.29) is 35.7 Å². The molecule has 0 amide bonds. The normalized spacial score (nSPS) is 18.0. The summed E-state index contributed by atoms with van der Waals surface area (Å²) in [6.07, 6.45) is 0.478. The van der Waals surface area contributed by atoms with Crippen LogP contribution in [0.25, 0.3) is 0 Å². The third-order valence-electron chi connectivity index (χ3n) is 3.83. The van der Waals surface area contributed by atoms with Crippen molar-refractivity contribution in [2.45, 2.75) is 22.6 Å². The molecule has 8 nitrogen and oxygen atoms in total. The van der Waals surface area contributed by atoms with Gasteiger partial charge in [-0.1, -0.05) is 6.07 Å². The van der Waals surface area contributed by atoms with Gasteiger partial charge < -0.3 is 5.11 Å². The lowest BCUT2D eigenvalue weighted by Crippen LogP contribution is -2.40. The van der Waals surface area contributed by atoms with Crippen LogP contribution in [0.1, 0.15) is 12.8 Å². The van der Waals surface area contributed by atoms with Crippen molar-refractivity contribution in [1.82, 2.24) is 9.03 Å². The number of carboxylic acid groups (broad SMARTS) is 1. The lowest BCUT2D eigenvalue weighted by atomic mass is 9.99. The van der Waals surface area contributed by atoms with E-state index in [1.807, 2.05) is 0 Å². The Labute approximate surface area is 135 Å². The number of carbonyl (C=O) groups is 1. The molecule has 0 atom stereocenters. The molecule has 128 valence electrons. The molecule has 0 spiro atoms. The van der Waals surface area contributed by atoms with E-state index in [1.54, 1.807) is 0 Å². The first-order valence-corrected chi connectivity index (χ1v) is 9.87. The van der Waals surface area contributed by atoms with Crippen molar-refractivity contribution in [1.29, 1.82) is 0 Å². The maximum absolute atomic E-state index is 12.6. The molecular weight excluding hydrogens is 344 g/mol. The van der Waals surface area contributed by atoms with E-state index in [2.05, 4.69) is 4.72 Å². The van der Waals surface area contributed by atoms with E-state index in [0.717, 1.165) is 6.07 Å². The number of sulfonamides is 2. The SMILES string of the molecule is CNS(=O)(=O)c1cccc(S(=O)(=O)N2CCC(C(=O)O)CC2)c1. The Hall–Kier alpha value is -1.49. The van der Waals surface area contributed by atoms with Gasteiger partial charge in [0, 0.05) is 13.1 Å². The summed E-state index contributed by atoms with van der Waals surface area (Å²) >= 11 is 0. The van der Waals surface area contributed by atoms with Gasteiger partial charge in [0.15, 0.2) is 0 Å². The minimum Gasteiger partial charge on any atom is -0.481 e. The van der Waals surface area contributed by atoms with E-state index in [4.69, 9.17) is 5.11 Å². The molecule has 1 saturated heterocycles. The molecule has 1 aromatic rings. The molecule has 1 aliphatic heterocycles. The van der Waals surface area contributed by atoms with E-state index < -0.39 is 31.9 Å². The number of benzene rings is 1. The Balaban J connectivity index is 2.28. The van der Waals surface area contributed by atoms with Crippen molar-refractivity contribution >= 4 is 26.0 Å². The molecule has 0 unspecified atom stereocenters. The molecule has 0 bridgehead atoms. The number of hydrogen-bond acceptors (Lipinski definition) is 5. The fraction of sp³-hybridized carbons (Fsp3) is 0.462. The van der Waals surface area contributed by atoms with Gasteiger partial charge in [-0.2, -0.15) is 4.31 Å². The zero-order chi connectivity index (χ0) is 17.3. The van der Waals surface area contributed by atoms with Crippen LogP contribution >= 0.6 is 0 Å².